The zero-order chi connectivity index (χ0) is 9.68. The number of nitrogens with zero attached hydrogens (tertiary/aromatic N) is 1. The highest BCUT2D eigenvalue weighted by molar-refractivity contribution is 5.76. The summed E-state index contributed by atoms with van der Waals surface area (Å²) in [7, 11) is 0. The summed E-state index contributed by atoms with van der Waals surface area (Å²) in [6, 6.07) is 0. The van der Waals surface area contributed by atoms with Gasteiger partial charge in [0.1, 0.15) is 0 Å². The third-order valence-corrected chi connectivity index (χ3v) is 2.80. The average Bonchev–Trinajstić information content (AvgIpc) is 2.08. The second-order valence-electron chi connectivity index (χ2n) is 4.15. The number of likely N-dealkylation sites (tertiary alicyclic amines) is 1. The summed E-state index contributed by atoms with van der Waals surface area (Å²) in [5.74, 6) is 1.23. The molecule has 3 heteroatoms. The van der Waals surface area contributed by atoms with Crippen molar-refractivity contribution in [2.24, 2.45) is 11.7 Å². The van der Waals surface area contributed by atoms with Crippen molar-refractivity contribution in [3.05, 3.63) is 0 Å². The van der Waals surface area contributed by atoms with Crippen LogP contribution < -0.4 is 5.73 Å². The Bertz CT molecular complexity index is 160. The van der Waals surface area contributed by atoms with Crippen LogP contribution in [0.1, 0.15) is 32.6 Å². The van der Waals surface area contributed by atoms with E-state index in [9.17, 15) is 0 Å². The fourth-order valence-electron chi connectivity index (χ4n) is 1.78. The largest absolute Gasteiger partial charge is 0.388 e. The predicted octanol–water partition coefficient (Wildman–Crippen LogP) is 1.43. The minimum Gasteiger partial charge on any atom is -0.388 e. The molecule has 0 aromatic heterocycles. The lowest BCUT2D eigenvalue weighted by molar-refractivity contribution is 0.191. The number of hydrogen-bond acceptors (Lipinski definition) is 2. The fraction of sp³-hybridized carbons (Fsp3) is 0.900. The molecule has 3 nitrogen and oxygen atoms in total. The van der Waals surface area contributed by atoms with Crippen molar-refractivity contribution in [3.8, 4) is 0 Å². The van der Waals surface area contributed by atoms with E-state index in [1.807, 2.05) is 0 Å². The van der Waals surface area contributed by atoms with E-state index in [1.165, 1.54) is 25.9 Å². The smallest absolute Gasteiger partial charge is 0.0905 e. The molecule has 3 N–H and O–H groups in total. The van der Waals surface area contributed by atoms with Gasteiger partial charge in [-0.05, 0) is 44.8 Å². The van der Waals surface area contributed by atoms with Crippen LogP contribution in [0.5, 0.6) is 0 Å². The van der Waals surface area contributed by atoms with E-state index in [1.54, 1.807) is 0 Å². The topological polar surface area (TPSA) is 53.1 Å². The van der Waals surface area contributed by atoms with Crippen LogP contribution in [-0.4, -0.2) is 30.4 Å². The second-order valence-corrected chi connectivity index (χ2v) is 4.15. The van der Waals surface area contributed by atoms with Gasteiger partial charge in [0.2, 0.25) is 0 Å². The van der Waals surface area contributed by atoms with Crippen molar-refractivity contribution in [1.82, 2.24) is 4.90 Å². The molecule has 1 saturated heterocycles. The van der Waals surface area contributed by atoms with E-state index >= 15 is 0 Å². The van der Waals surface area contributed by atoms with Crippen molar-refractivity contribution < 1.29 is 0 Å². The molecule has 1 fully saturated rings. The van der Waals surface area contributed by atoms with Gasteiger partial charge < -0.3 is 10.6 Å². The average molecular weight is 183 g/mol. The standard InChI is InChI=1S/C10H21N3/c1-9-4-7-13(8-5-9)6-2-3-10(11)12/h9H,2-8H2,1H3,(H3,11,12). The fourth-order valence-corrected chi connectivity index (χ4v) is 1.78. The summed E-state index contributed by atoms with van der Waals surface area (Å²) in [4.78, 5) is 2.49. The summed E-state index contributed by atoms with van der Waals surface area (Å²) in [6.45, 7) is 5.91. The van der Waals surface area contributed by atoms with Gasteiger partial charge in [-0.1, -0.05) is 6.92 Å². The Hall–Kier alpha value is -0.570. The van der Waals surface area contributed by atoms with Gasteiger partial charge in [0.15, 0.2) is 0 Å². The van der Waals surface area contributed by atoms with Crippen molar-refractivity contribution in [2.75, 3.05) is 19.6 Å². The molecule has 0 spiro atoms. The molecule has 1 rings (SSSR count). The van der Waals surface area contributed by atoms with Crippen LogP contribution in [-0.2, 0) is 0 Å². The second kappa shape index (κ2) is 5.22. The Kier molecular flexibility index (Phi) is 4.22. The molecule has 0 unspecified atom stereocenters. The molecule has 13 heavy (non-hydrogen) atoms. The Labute approximate surface area is 80.8 Å². The summed E-state index contributed by atoms with van der Waals surface area (Å²) in [5, 5.41) is 7.10. The maximum absolute atomic E-state index is 7.10. The van der Waals surface area contributed by atoms with Gasteiger partial charge in [-0.15, -0.1) is 0 Å². The van der Waals surface area contributed by atoms with Gasteiger partial charge in [-0.25, -0.2) is 0 Å². The molecule has 0 saturated carbocycles. The molecular formula is C10H21N3. The maximum atomic E-state index is 7.10. The minimum atomic E-state index is 0.324. The van der Waals surface area contributed by atoms with Gasteiger partial charge in [0, 0.05) is 6.42 Å². The van der Waals surface area contributed by atoms with E-state index < -0.39 is 0 Å². The first kappa shape index (κ1) is 10.5. The lowest BCUT2D eigenvalue weighted by Crippen LogP contribution is -2.33. The molecule has 76 valence electrons. The van der Waals surface area contributed by atoms with E-state index in [0.717, 1.165) is 25.3 Å². The van der Waals surface area contributed by atoms with Gasteiger partial charge in [-0.3, -0.25) is 5.41 Å². The monoisotopic (exact) mass is 183 g/mol. The summed E-state index contributed by atoms with van der Waals surface area (Å²) < 4.78 is 0. The molecule has 0 radical (unpaired) electrons. The highest BCUT2D eigenvalue weighted by Gasteiger charge is 2.14. The first-order valence-corrected chi connectivity index (χ1v) is 5.23. The van der Waals surface area contributed by atoms with Crippen LogP contribution in [0.3, 0.4) is 0 Å². The van der Waals surface area contributed by atoms with Crippen LogP contribution in [0, 0.1) is 11.3 Å². The molecule has 0 aromatic rings. The lowest BCUT2D eigenvalue weighted by atomic mass is 9.99. The van der Waals surface area contributed by atoms with E-state index in [2.05, 4.69) is 11.8 Å². The Morgan fingerprint density at radius 2 is 2.08 bits per heavy atom. The Balaban J connectivity index is 2.05. The maximum Gasteiger partial charge on any atom is 0.0905 e. The number of piperidine rings is 1. The molecular weight excluding hydrogens is 162 g/mol. The van der Waals surface area contributed by atoms with Crippen molar-refractivity contribution in [1.29, 1.82) is 5.41 Å². The number of nitrogens with two attached hydrogens (primary N) is 1. The molecule has 0 amide bonds. The molecule has 1 heterocycles. The minimum absolute atomic E-state index is 0.324. The van der Waals surface area contributed by atoms with Gasteiger partial charge in [-0.2, -0.15) is 0 Å². The van der Waals surface area contributed by atoms with Gasteiger partial charge in [0.05, 0.1) is 5.84 Å². The van der Waals surface area contributed by atoms with Crippen LogP contribution in [0.2, 0.25) is 0 Å². The Morgan fingerprint density at radius 3 is 2.62 bits per heavy atom. The van der Waals surface area contributed by atoms with Crippen LogP contribution in [0.25, 0.3) is 0 Å². The molecule has 0 bridgehead atoms. The molecule has 0 atom stereocenters. The molecule has 1 aliphatic heterocycles. The first-order valence-electron chi connectivity index (χ1n) is 5.23. The zero-order valence-corrected chi connectivity index (χ0v) is 8.55. The van der Waals surface area contributed by atoms with Crippen LogP contribution in [0.15, 0.2) is 0 Å². The predicted molar refractivity (Wildman–Crippen MR) is 56.0 cm³/mol. The Morgan fingerprint density at radius 1 is 1.46 bits per heavy atom. The highest BCUT2D eigenvalue weighted by atomic mass is 15.1. The molecule has 0 aromatic carbocycles. The SMILES string of the molecule is CC1CCN(CCCC(=N)N)CC1. The summed E-state index contributed by atoms with van der Waals surface area (Å²) in [5.41, 5.74) is 5.29. The molecule has 0 aliphatic carbocycles. The van der Waals surface area contributed by atoms with E-state index in [0.29, 0.717) is 5.84 Å². The highest BCUT2D eigenvalue weighted by Crippen LogP contribution is 2.15. The van der Waals surface area contributed by atoms with Gasteiger partial charge in [0.25, 0.3) is 0 Å². The summed E-state index contributed by atoms with van der Waals surface area (Å²) in [6.07, 6.45) is 4.47. The third-order valence-electron chi connectivity index (χ3n) is 2.80. The van der Waals surface area contributed by atoms with E-state index in [-0.39, 0.29) is 0 Å². The van der Waals surface area contributed by atoms with E-state index in [4.69, 9.17) is 11.1 Å². The van der Waals surface area contributed by atoms with Gasteiger partial charge >= 0.3 is 0 Å². The number of rotatable bonds is 4. The van der Waals surface area contributed by atoms with Crippen LogP contribution >= 0.6 is 0 Å². The quantitative estimate of drug-likeness (QED) is 0.512. The lowest BCUT2D eigenvalue weighted by Gasteiger charge is -2.29. The normalized spacial score (nSPS) is 20.4. The summed E-state index contributed by atoms with van der Waals surface area (Å²) >= 11 is 0. The number of amidine groups is 1. The zero-order valence-electron chi connectivity index (χ0n) is 8.55. The van der Waals surface area contributed by atoms with Crippen molar-refractivity contribution in [3.63, 3.8) is 0 Å². The van der Waals surface area contributed by atoms with Crippen LogP contribution in [0.4, 0.5) is 0 Å². The number of nitrogens with one attached hydrogen (secondary N) is 1. The van der Waals surface area contributed by atoms with Crippen molar-refractivity contribution >= 4 is 5.84 Å². The third kappa shape index (κ3) is 4.27. The molecule has 1 aliphatic rings. The first-order chi connectivity index (χ1) is 6.18. The number of hydrogen-bond donors (Lipinski definition) is 2. The van der Waals surface area contributed by atoms with Crippen molar-refractivity contribution in [2.45, 2.75) is 32.6 Å².